The molecule has 1 aromatic heterocycles. The first-order valence-corrected chi connectivity index (χ1v) is 8.79. The van der Waals surface area contributed by atoms with Crippen LogP contribution >= 0.6 is 0 Å². The molecule has 1 saturated heterocycles. The van der Waals surface area contributed by atoms with E-state index < -0.39 is 12.0 Å². The molecular formula is C19H25F2N3O2. The topological polar surface area (TPSA) is 46.5 Å². The number of carbonyl (C=O) groups is 1. The fourth-order valence-corrected chi connectivity index (χ4v) is 3.39. The highest BCUT2D eigenvalue weighted by atomic mass is 19.3. The van der Waals surface area contributed by atoms with Crippen molar-refractivity contribution in [3.63, 3.8) is 0 Å². The maximum Gasteiger partial charge on any atom is 0.317 e. The van der Waals surface area contributed by atoms with Crippen LogP contribution in [0.15, 0.2) is 24.4 Å². The van der Waals surface area contributed by atoms with E-state index >= 15 is 0 Å². The summed E-state index contributed by atoms with van der Waals surface area (Å²) in [7, 11) is 2.00. The normalized spacial score (nSPS) is 20.8. The number of hydrogen-bond donors (Lipinski definition) is 1. The zero-order valence-electron chi connectivity index (χ0n) is 15.4. The molecule has 1 fully saturated rings. The number of ether oxygens (including phenoxy) is 1. The number of amides is 2. The maximum atomic E-state index is 13.1. The molecule has 7 heteroatoms. The van der Waals surface area contributed by atoms with Crippen LogP contribution in [-0.2, 0) is 18.2 Å². The van der Waals surface area contributed by atoms with Gasteiger partial charge >= 0.3 is 6.03 Å². The predicted octanol–water partition coefficient (Wildman–Crippen LogP) is 3.09. The minimum absolute atomic E-state index is 0.107. The van der Waals surface area contributed by atoms with Crippen LogP contribution < -0.4 is 5.32 Å². The Labute approximate surface area is 151 Å². The van der Waals surface area contributed by atoms with Gasteiger partial charge in [-0.05, 0) is 37.5 Å². The summed E-state index contributed by atoms with van der Waals surface area (Å²) in [5, 5.41) is 4.01. The van der Waals surface area contributed by atoms with E-state index in [1.165, 1.54) is 22.8 Å². The van der Waals surface area contributed by atoms with Crippen molar-refractivity contribution in [2.45, 2.75) is 32.3 Å². The van der Waals surface area contributed by atoms with Crippen molar-refractivity contribution in [3.05, 3.63) is 35.5 Å². The van der Waals surface area contributed by atoms with Gasteiger partial charge in [-0.1, -0.05) is 12.1 Å². The summed E-state index contributed by atoms with van der Waals surface area (Å²) in [6, 6.07) is 5.98. The SMILES string of the molecule is Cc1ccc2c(CCNC(=O)N3CCOC(C)(C(F)F)C3)cn(C)c2c1. The summed E-state index contributed by atoms with van der Waals surface area (Å²) in [4.78, 5) is 13.7. The van der Waals surface area contributed by atoms with Gasteiger partial charge in [-0.3, -0.25) is 0 Å². The van der Waals surface area contributed by atoms with Crippen LogP contribution in [0.3, 0.4) is 0 Å². The van der Waals surface area contributed by atoms with Gasteiger partial charge < -0.3 is 19.5 Å². The van der Waals surface area contributed by atoms with E-state index in [0.717, 1.165) is 11.1 Å². The summed E-state index contributed by atoms with van der Waals surface area (Å²) in [5.74, 6) is 0. The molecule has 1 aliphatic heterocycles. The van der Waals surface area contributed by atoms with Crippen molar-refractivity contribution in [1.82, 2.24) is 14.8 Å². The number of aryl methyl sites for hydroxylation is 2. The molecule has 1 aromatic carbocycles. The fourth-order valence-electron chi connectivity index (χ4n) is 3.39. The summed E-state index contributed by atoms with van der Waals surface area (Å²) in [5.41, 5.74) is 1.92. The number of urea groups is 1. The summed E-state index contributed by atoms with van der Waals surface area (Å²) < 4.78 is 33.5. The van der Waals surface area contributed by atoms with Crippen molar-refractivity contribution in [3.8, 4) is 0 Å². The average molecular weight is 365 g/mol. The van der Waals surface area contributed by atoms with Crippen molar-refractivity contribution in [1.29, 1.82) is 0 Å². The number of halogens is 2. The number of carbonyl (C=O) groups excluding carboxylic acids is 1. The van der Waals surface area contributed by atoms with Crippen LogP contribution in [0, 0.1) is 6.92 Å². The lowest BCUT2D eigenvalue weighted by Crippen LogP contribution is -2.57. The molecule has 0 spiro atoms. The van der Waals surface area contributed by atoms with Crippen LogP contribution in [0.2, 0.25) is 0 Å². The second-order valence-electron chi connectivity index (χ2n) is 7.15. The molecule has 1 unspecified atom stereocenters. The van der Waals surface area contributed by atoms with Gasteiger partial charge in [0.1, 0.15) is 5.60 Å². The third kappa shape index (κ3) is 3.67. The first kappa shape index (κ1) is 18.6. The van der Waals surface area contributed by atoms with Crippen molar-refractivity contribution >= 4 is 16.9 Å². The maximum absolute atomic E-state index is 13.1. The highest BCUT2D eigenvalue weighted by Crippen LogP contribution is 2.25. The Kier molecular flexibility index (Phi) is 5.18. The first-order valence-electron chi connectivity index (χ1n) is 8.79. The van der Waals surface area contributed by atoms with Gasteiger partial charge in [0.25, 0.3) is 6.43 Å². The third-order valence-corrected chi connectivity index (χ3v) is 4.95. The molecule has 2 amide bonds. The molecule has 1 N–H and O–H groups in total. The van der Waals surface area contributed by atoms with E-state index in [-0.39, 0.29) is 19.2 Å². The predicted molar refractivity (Wildman–Crippen MR) is 96.7 cm³/mol. The van der Waals surface area contributed by atoms with Crippen LogP contribution in [-0.4, -0.2) is 53.8 Å². The number of nitrogens with one attached hydrogen (secondary N) is 1. The van der Waals surface area contributed by atoms with Gasteiger partial charge in [-0.25, -0.2) is 13.6 Å². The first-order chi connectivity index (χ1) is 12.3. The van der Waals surface area contributed by atoms with Crippen LogP contribution in [0.1, 0.15) is 18.1 Å². The smallest absolute Gasteiger partial charge is 0.317 e. The molecule has 2 heterocycles. The van der Waals surface area contributed by atoms with E-state index in [9.17, 15) is 13.6 Å². The Morgan fingerprint density at radius 2 is 2.19 bits per heavy atom. The molecule has 142 valence electrons. The number of morpholine rings is 1. The highest BCUT2D eigenvalue weighted by molar-refractivity contribution is 5.84. The number of alkyl halides is 2. The lowest BCUT2D eigenvalue weighted by atomic mass is 10.1. The molecule has 1 atom stereocenters. The minimum Gasteiger partial charge on any atom is -0.366 e. The lowest BCUT2D eigenvalue weighted by Gasteiger charge is -2.39. The largest absolute Gasteiger partial charge is 0.366 e. The van der Waals surface area contributed by atoms with E-state index in [2.05, 4.69) is 41.2 Å². The number of nitrogens with zero attached hydrogens (tertiary/aromatic N) is 2. The van der Waals surface area contributed by atoms with E-state index in [0.29, 0.717) is 19.5 Å². The molecule has 3 rings (SSSR count). The van der Waals surface area contributed by atoms with E-state index in [1.807, 2.05) is 7.05 Å². The molecule has 5 nitrogen and oxygen atoms in total. The third-order valence-electron chi connectivity index (χ3n) is 4.95. The van der Waals surface area contributed by atoms with Crippen LogP contribution in [0.25, 0.3) is 10.9 Å². The monoisotopic (exact) mass is 365 g/mol. The quantitative estimate of drug-likeness (QED) is 0.905. The van der Waals surface area contributed by atoms with Gasteiger partial charge in [-0.2, -0.15) is 0 Å². The fraction of sp³-hybridized carbons (Fsp3) is 0.526. The van der Waals surface area contributed by atoms with Crippen molar-refractivity contribution < 1.29 is 18.3 Å². The zero-order valence-corrected chi connectivity index (χ0v) is 15.4. The molecule has 26 heavy (non-hydrogen) atoms. The number of hydrogen-bond acceptors (Lipinski definition) is 2. The van der Waals surface area contributed by atoms with Crippen LogP contribution in [0.4, 0.5) is 13.6 Å². The Hall–Kier alpha value is -2.15. The second kappa shape index (κ2) is 7.23. The standard InChI is InChI=1S/C19H25F2N3O2/c1-13-4-5-15-14(11-23(3)16(15)10-13)6-7-22-18(25)24-8-9-26-19(2,12-24)17(20)21/h4-5,10-11,17H,6-9,12H2,1-3H3,(H,22,25). The number of aromatic nitrogens is 1. The number of fused-ring (bicyclic) bond motifs is 1. The molecule has 0 saturated carbocycles. The molecule has 0 bridgehead atoms. The minimum atomic E-state index is -2.63. The second-order valence-corrected chi connectivity index (χ2v) is 7.15. The van der Waals surface area contributed by atoms with Crippen molar-refractivity contribution in [2.24, 2.45) is 7.05 Å². The Morgan fingerprint density at radius 3 is 2.92 bits per heavy atom. The van der Waals surface area contributed by atoms with Gasteiger partial charge in [0.15, 0.2) is 0 Å². The Balaban J connectivity index is 1.59. The van der Waals surface area contributed by atoms with Crippen molar-refractivity contribution in [2.75, 3.05) is 26.2 Å². The van der Waals surface area contributed by atoms with E-state index in [4.69, 9.17) is 4.74 Å². The molecule has 0 radical (unpaired) electrons. The Bertz CT molecular complexity index is 805. The molecular weight excluding hydrogens is 340 g/mol. The molecule has 0 aliphatic carbocycles. The average Bonchev–Trinajstić information content (AvgIpc) is 2.90. The number of rotatable bonds is 4. The van der Waals surface area contributed by atoms with Gasteiger partial charge in [0.2, 0.25) is 0 Å². The number of benzene rings is 1. The van der Waals surface area contributed by atoms with Crippen LogP contribution in [0.5, 0.6) is 0 Å². The molecule has 1 aliphatic rings. The van der Waals surface area contributed by atoms with Gasteiger partial charge in [0, 0.05) is 37.2 Å². The van der Waals surface area contributed by atoms with E-state index in [1.54, 1.807) is 0 Å². The molecule has 2 aromatic rings. The van der Waals surface area contributed by atoms with Gasteiger partial charge in [0.05, 0.1) is 13.2 Å². The summed E-state index contributed by atoms with van der Waals surface area (Å²) in [6.45, 7) is 4.19. The Morgan fingerprint density at radius 1 is 1.42 bits per heavy atom. The highest BCUT2D eigenvalue weighted by Gasteiger charge is 2.41. The summed E-state index contributed by atoms with van der Waals surface area (Å²) >= 11 is 0. The summed E-state index contributed by atoms with van der Waals surface area (Å²) in [6.07, 6.45) is 0.124. The van der Waals surface area contributed by atoms with Gasteiger partial charge in [-0.15, -0.1) is 0 Å². The lowest BCUT2D eigenvalue weighted by molar-refractivity contribution is -0.161. The zero-order chi connectivity index (χ0) is 18.9.